The summed E-state index contributed by atoms with van der Waals surface area (Å²) in [5.41, 5.74) is 1.10. The van der Waals surface area contributed by atoms with Crippen molar-refractivity contribution in [3.8, 4) is 16.9 Å². The Morgan fingerprint density at radius 3 is 2.37 bits per heavy atom. The number of likely N-dealkylation sites (tertiary alicyclic amines) is 1. The van der Waals surface area contributed by atoms with Gasteiger partial charge < -0.3 is 25.5 Å². The average molecular weight is 810 g/mol. The third-order valence-corrected chi connectivity index (χ3v) is 12.1. The zero-order valence-electron chi connectivity index (χ0n) is 32.8. The number of piperidine rings is 2. The lowest BCUT2D eigenvalue weighted by molar-refractivity contribution is -0.141. The van der Waals surface area contributed by atoms with E-state index in [0.29, 0.717) is 106 Å². The first-order valence-electron chi connectivity index (χ1n) is 20.5. The number of carbonyl (C=O) groups excluding carboxylic acids is 3. The number of amides is 3. The monoisotopic (exact) mass is 809 g/mol. The van der Waals surface area contributed by atoms with Gasteiger partial charge >= 0.3 is 0 Å². The first-order chi connectivity index (χ1) is 28.5. The van der Waals surface area contributed by atoms with Crippen LogP contribution in [-0.2, 0) is 14.4 Å². The number of halogens is 2. The molecule has 3 aliphatic heterocycles. The van der Waals surface area contributed by atoms with Crippen LogP contribution in [0.2, 0.25) is 0 Å². The van der Waals surface area contributed by atoms with Gasteiger partial charge in [-0.05, 0) is 81.3 Å². The van der Waals surface area contributed by atoms with Gasteiger partial charge in [-0.15, -0.1) is 0 Å². The van der Waals surface area contributed by atoms with Gasteiger partial charge in [0.05, 0.1) is 17.5 Å². The van der Waals surface area contributed by atoms with E-state index in [9.17, 15) is 28.7 Å². The Balaban J connectivity index is 0.776. The topological polar surface area (TPSA) is 165 Å². The summed E-state index contributed by atoms with van der Waals surface area (Å²) in [7, 11) is 0. The molecule has 8 rings (SSSR count). The third-order valence-electron chi connectivity index (χ3n) is 12.1. The Labute approximate surface area is 340 Å². The van der Waals surface area contributed by atoms with Gasteiger partial charge in [0.2, 0.25) is 23.7 Å². The molecular weight excluding hydrogens is 761 g/mol. The van der Waals surface area contributed by atoms with Crippen molar-refractivity contribution in [1.29, 1.82) is 0 Å². The lowest BCUT2D eigenvalue weighted by Gasteiger charge is -2.44. The normalized spacial score (nSPS) is 22.5. The van der Waals surface area contributed by atoms with Crippen LogP contribution in [-0.4, -0.2) is 111 Å². The molecule has 1 atom stereocenters. The van der Waals surface area contributed by atoms with Gasteiger partial charge in [0.1, 0.15) is 17.6 Å². The van der Waals surface area contributed by atoms with E-state index in [2.05, 4.69) is 30.8 Å². The zero-order chi connectivity index (χ0) is 41.1. The minimum absolute atomic E-state index is 0.0244. The molecule has 4 fully saturated rings. The largest absolute Gasteiger partial charge is 0.388 e. The van der Waals surface area contributed by atoms with E-state index in [1.807, 2.05) is 9.80 Å². The van der Waals surface area contributed by atoms with E-state index in [1.165, 1.54) is 16.7 Å². The summed E-state index contributed by atoms with van der Waals surface area (Å²) in [6.07, 6.45) is 7.23. The Kier molecular flexibility index (Phi) is 11.7. The fourth-order valence-corrected chi connectivity index (χ4v) is 8.76. The molecule has 3 saturated heterocycles. The number of pyridine rings is 1. The first-order valence-corrected chi connectivity index (χ1v) is 20.5. The maximum Gasteiger partial charge on any atom is 0.255 e. The van der Waals surface area contributed by atoms with Crippen LogP contribution in [0.25, 0.3) is 16.9 Å². The van der Waals surface area contributed by atoms with Crippen LogP contribution in [0.1, 0.15) is 51.4 Å². The smallest absolute Gasteiger partial charge is 0.255 e. The van der Waals surface area contributed by atoms with Crippen molar-refractivity contribution >= 4 is 35.0 Å². The second-order valence-electron chi connectivity index (χ2n) is 16.2. The Bertz CT molecular complexity index is 2250. The maximum atomic E-state index is 15.2. The summed E-state index contributed by atoms with van der Waals surface area (Å²) in [5, 5.41) is 20.2. The molecule has 5 heterocycles. The fraction of sp³-hybridized carbons (Fsp3) is 0.442. The fourth-order valence-electron chi connectivity index (χ4n) is 8.76. The minimum Gasteiger partial charge on any atom is -0.388 e. The number of carbonyl (C=O) groups is 3. The van der Waals surface area contributed by atoms with Crippen LogP contribution >= 0.6 is 0 Å². The molecule has 0 bridgehead atoms. The second-order valence-corrected chi connectivity index (χ2v) is 16.2. The second kappa shape index (κ2) is 17.2. The average Bonchev–Trinajstić information content (AvgIpc) is 3.23. The standard InChI is InChI=1S/C43H49F2N9O5/c44-33-25-31(47-35-12-14-37(55)49-40(35)57)11-13-36(33)52-22-20-51(21-23-52)27-43(59)15-18-53(19-16-43)41(58)28-7-9-30(10-8-28)48-42-46-26-34(45)39(50-42)29-4-3-5-32(24-29)54-17-2-1-6-38(54)56/h1-6,11,13,17,24-26,28,30,35,47,59H,7-10,12,14-16,18-23,27H2,(H,46,48,50)(H,49,55,57)/t28-,30-,35-/m0/s1. The number of nitrogens with one attached hydrogen (secondary N) is 3. The van der Waals surface area contributed by atoms with Crippen LogP contribution in [0, 0.1) is 17.6 Å². The van der Waals surface area contributed by atoms with Crippen molar-refractivity contribution in [1.82, 2.24) is 29.7 Å². The number of aliphatic hydroxyl groups is 1. The van der Waals surface area contributed by atoms with Gasteiger partial charge in [-0.2, -0.15) is 0 Å². The molecule has 2 aromatic carbocycles. The van der Waals surface area contributed by atoms with E-state index < -0.39 is 29.2 Å². The number of piperazine rings is 1. The van der Waals surface area contributed by atoms with E-state index in [1.54, 1.807) is 54.7 Å². The molecule has 1 saturated carbocycles. The summed E-state index contributed by atoms with van der Waals surface area (Å²) in [6.45, 7) is 3.97. The highest BCUT2D eigenvalue weighted by Crippen LogP contribution is 2.32. The van der Waals surface area contributed by atoms with Gasteiger partial charge in [0.15, 0.2) is 5.82 Å². The highest BCUT2D eigenvalue weighted by atomic mass is 19.1. The van der Waals surface area contributed by atoms with E-state index in [-0.39, 0.29) is 41.4 Å². The predicted octanol–water partition coefficient (Wildman–Crippen LogP) is 3.94. The van der Waals surface area contributed by atoms with Crippen molar-refractivity contribution in [2.45, 2.75) is 69.1 Å². The van der Waals surface area contributed by atoms with Crippen LogP contribution < -0.4 is 26.4 Å². The van der Waals surface area contributed by atoms with Crippen molar-refractivity contribution in [2.75, 3.05) is 61.3 Å². The number of imide groups is 1. The van der Waals surface area contributed by atoms with Gasteiger partial charge in [0, 0.05) is 93.4 Å². The van der Waals surface area contributed by atoms with Crippen molar-refractivity contribution < 1.29 is 28.3 Å². The Morgan fingerprint density at radius 1 is 0.864 bits per heavy atom. The van der Waals surface area contributed by atoms with Crippen LogP contribution in [0.15, 0.2) is 77.9 Å². The van der Waals surface area contributed by atoms with Gasteiger partial charge in [-0.25, -0.2) is 18.7 Å². The van der Waals surface area contributed by atoms with E-state index in [4.69, 9.17) is 0 Å². The number of rotatable bonds is 10. The molecule has 4 aliphatic rings. The molecule has 3 amide bonds. The summed E-state index contributed by atoms with van der Waals surface area (Å²) >= 11 is 0. The minimum atomic E-state index is -0.913. The number of β-amino-alcohol motifs (C(OH)–C–C–N with tert-alkyl or cyclic N) is 1. The van der Waals surface area contributed by atoms with E-state index >= 15 is 4.39 Å². The molecule has 14 nitrogen and oxygen atoms in total. The summed E-state index contributed by atoms with van der Waals surface area (Å²) in [5.74, 6) is -1.36. The van der Waals surface area contributed by atoms with Crippen molar-refractivity contribution in [2.24, 2.45) is 5.92 Å². The number of benzene rings is 2. The first kappa shape index (κ1) is 40.1. The molecule has 310 valence electrons. The van der Waals surface area contributed by atoms with Gasteiger partial charge in [-0.1, -0.05) is 18.2 Å². The number of hydrogen-bond donors (Lipinski definition) is 4. The number of hydrogen-bond acceptors (Lipinski definition) is 11. The third kappa shape index (κ3) is 9.28. The number of anilines is 3. The number of aromatic nitrogens is 3. The van der Waals surface area contributed by atoms with Crippen LogP contribution in [0.5, 0.6) is 0 Å². The lowest BCUT2D eigenvalue weighted by atomic mass is 9.84. The lowest BCUT2D eigenvalue weighted by Crippen LogP contribution is -2.56. The molecule has 16 heteroatoms. The molecule has 2 aromatic heterocycles. The summed E-state index contributed by atoms with van der Waals surface area (Å²) in [4.78, 5) is 64.3. The Morgan fingerprint density at radius 2 is 1.64 bits per heavy atom. The van der Waals surface area contributed by atoms with Crippen LogP contribution in [0.3, 0.4) is 0 Å². The molecule has 59 heavy (non-hydrogen) atoms. The summed E-state index contributed by atoms with van der Waals surface area (Å²) in [6, 6.07) is 16.1. The summed E-state index contributed by atoms with van der Waals surface area (Å²) < 4.78 is 31.7. The molecule has 4 N–H and O–H groups in total. The van der Waals surface area contributed by atoms with E-state index in [0.717, 1.165) is 19.0 Å². The molecule has 0 unspecified atom stereocenters. The highest BCUT2D eigenvalue weighted by molar-refractivity contribution is 6.01. The van der Waals surface area contributed by atoms with Crippen molar-refractivity contribution in [3.05, 3.63) is 95.0 Å². The van der Waals surface area contributed by atoms with Gasteiger partial charge in [-0.3, -0.25) is 34.0 Å². The SMILES string of the molecule is O=C1CC[C@H](Nc2ccc(N3CCN(CC4(O)CCN(C(=O)[C@H]5CC[C@H](Nc6ncc(F)c(-c7cccc(-n8ccccc8=O)c7)n6)CC5)CC4)CC3)c(F)c2)C(=O)N1. The Hall–Kier alpha value is -5.74. The van der Waals surface area contributed by atoms with Gasteiger partial charge in [0.25, 0.3) is 5.56 Å². The maximum absolute atomic E-state index is 15.2. The quantitative estimate of drug-likeness (QED) is 0.172. The zero-order valence-corrected chi connectivity index (χ0v) is 32.8. The predicted molar refractivity (Wildman–Crippen MR) is 218 cm³/mol. The molecule has 0 radical (unpaired) electrons. The molecule has 0 spiro atoms. The van der Waals surface area contributed by atoms with Crippen molar-refractivity contribution in [3.63, 3.8) is 0 Å². The number of nitrogens with zero attached hydrogens (tertiary/aromatic N) is 6. The molecule has 4 aromatic rings. The molecule has 1 aliphatic carbocycles. The molecular formula is C43H49F2N9O5. The highest BCUT2D eigenvalue weighted by Gasteiger charge is 2.38. The van der Waals surface area contributed by atoms with Crippen LogP contribution in [0.4, 0.5) is 26.1 Å².